The fourth-order valence-electron chi connectivity index (χ4n) is 1.44. The van der Waals surface area contributed by atoms with Gasteiger partial charge in [-0.1, -0.05) is 13.0 Å². The molecule has 0 aromatic heterocycles. The number of hydrogen-bond acceptors (Lipinski definition) is 2. The first-order chi connectivity index (χ1) is 6.29. The van der Waals surface area contributed by atoms with Crippen molar-refractivity contribution in [3.63, 3.8) is 0 Å². The molecule has 13 heavy (non-hydrogen) atoms. The molecule has 1 aliphatic rings. The average molecular weight is 178 g/mol. The number of rotatable bonds is 1. The molecule has 2 rings (SSSR count). The summed E-state index contributed by atoms with van der Waals surface area (Å²) in [6.45, 7) is 4.80. The van der Waals surface area contributed by atoms with Crippen LogP contribution in [0, 0.1) is 0 Å². The lowest BCUT2D eigenvalue weighted by Gasteiger charge is -2.24. The molecule has 0 N–H and O–H groups in total. The predicted octanol–water partition coefficient (Wildman–Crippen LogP) is 2.41. The summed E-state index contributed by atoms with van der Waals surface area (Å²) >= 11 is 0. The highest BCUT2D eigenvalue weighted by molar-refractivity contribution is 5.44. The minimum Gasteiger partial charge on any atom is -0.486 e. The van der Waals surface area contributed by atoms with E-state index in [1.165, 1.54) is 5.56 Å². The zero-order valence-electron chi connectivity index (χ0n) is 8.04. The van der Waals surface area contributed by atoms with Crippen molar-refractivity contribution in [3.8, 4) is 11.5 Å². The Balaban J connectivity index is 2.32. The molecular weight excluding hydrogens is 164 g/mol. The van der Waals surface area contributed by atoms with Crippen molar-refractivity contribution in [1.29, 1.82) is 0 Å². The summed E-state index contributed by atoms with van der Waals surface area (Å²) in [4.78, 5) is 0. The van der Waals surface area contributed by atoms with E-state index in [4.69, 9.17) is 9.47 Å². The second-order valence-electron chi connectivity index (χ2n) is 3.37. The molecule has 0 aliphatic carbocycles. The van der Waals surface area contributed by atoms with Crippen LogP contribution in [-0.4, -0.2) is 12.7 Å². The Kier molecular flexibility index (Phi) is 2.13. The van der Waals surface area contributed by atoms with Gasteiger partial charge in [0.1, 0.15) is 12.7 Å². The van der Waals surface area contributed by atoms with Crippen molar-refractivity contribution in [2.24, 2.45) is 0 Å². The Bertz CT molecular complexity index is 307. The molecule has 0 saturated heterocycles. The minimum absolute atomic E-state index is 0.166. The van der Waals surface area contributed by atoms with E-state index in [0.29, 0.717) is 6.61 Å². The van der Waals surface area contributed by atoms with Gasteiger partial charge in [0.15, 0.2) is 11.5 Å². The van der Waals surface area contributed by atoms with Crippen LogP contribution < -0.4 is 9.47 Å². The molecule has 1 unspecified atom stereocenters. The molecule has 1 atom stereocenters. The van der Waals surface area contributed by atoms with E-state index >= 15 is 0 Å². The van der Waals surface area contributed by atoms with Gasteiger partial charge in [0, 0.05) is 0 Å². The predicted molar refractivity (Wildman–Crippen MR) is 51.4 cm³/mol. The van der Waals surface area contributed by atoms with E-state index in [1.54, 1.807) is 0 Å². The molecule has 0 fully saturated rings. The number of fused-ring (bicyclic) bond motifs is 1. The fourth-order valence-corrected chi connectivity index (χ4v) is 1.44. The normalized spacial score (nSPS) is 20.0. The summed E-state index contributed by atoms with van der Waals surface area (Å²) in [5.41, 5.74) is 1.29. The van der Waals surface area contributed by atoms with Crippen LogP contribution in [0.3, 0.4) is 0 Å². The standard InChI is InChI=1S/C11H14O2/c1-3-9-4-5-10-11(6-9)13-8(2)7-12-10/h4-6,8H,3,7H2,1-2H3. The van der Waals surface area contributed by atoms with Crippen molar-refractivity contribution < 1.29 is 9.47 Å². The molecule has 2 nitrogen and oxygen atoms in total. The Morgan fingerprint density at radius 1 is 1.38 bits per heavy atom. The summed E-state index contributed by atoms with van der Waals surface area (Å²) in [5.74, 6) is 1.76. The number of ether oxygens (including phenoxy) is 2. The molecular formula is C11H14O2. The smallest absolute Gasteiger partial charge is 0.162 e. The summed E-state index contributed by atoms with van der Waals surface area (Å²) in [6.07, 6.45) is 1.20. The van der Waals surface area contributed by atoms with E-state index in [9.17, 15) is 0 Å². The Morgan fingerprint density at radius 3 is 3.00 bits per heavy atom. The van der Waals surface area contributed by atoms with Crippen LogP contribution in [0.1, 0.15) is 19.4 Å². The third-order valence-electron chi connectivity index (χ3n) is 2.22. The highest BCUT2D eigenvalue weighted by Crippen LogP contribution is 2.32. The molecule has 1 heterocycles. The Hall–Kier alpha value is -1.18. The van der Waals surface area contributed by atoms with Crippen molar-refractivity contribution in [3.05, 3.63) is 23.8 Å². The van der Waals surface area contributed by atoms with Gasteiger partial charge in [-0.05, 0) is 31.0 Å². The van der Waals surface area contributed by atoms with Crippen LogP contribution in [0.25, 0.3) is 0 Å². The average Bonchev–Trinajstić information content (AvgIpc) is 2.16. The monoisotopic (exact) mass is 178 g/mol. The van der Waals surface area contributed by atoms with E-state index in [1.807, 2.05) is 13.0 Å². The third kappa shape index (κ3) is 1.62. The van der Waals surface area contributed by atoms with E-state index in [-0.39, 0.29) is 6.10 Å². The highest BCUT2D eigenvalue weighted by atomic mass is 16.6. The molecule has 2 heteroatoms. The number of benzene rings is 1. The van der Waals surface area contributed by atoms with Gasteiger partial charge in [0.25, 0.3) is 0 Å². The summed E-state index contributed by atoms with van der Waals surface area (Å²) < 4.78 is 11.2. The molecule has 0 radical (unpaired) electrons. The first-order valence-corrected chi connectivity index (χ1v) is 4.72. The summed E-state index contributed by atoms with van der Waals surface area (Å²) in [6, 6.07) is 6.13. The van der Waals surface area contributed by atoms with E-state index in [0.717, 1.165) is 17.9 Å². The van der Waals surface area contributed by atoms with Gasteiger partial charge in [-0.15, -0.1) is 0 Å². The minimum atomic E-state index is 0.166. The summed E-state index contributed by atoms with van der Waals surface area (Å²) in [5, 5.41) is 0. The number of aryl methyl sites for hydroxylation is 1. The van der Waals surface area contributed by atoms with Crippen LogP contribution in [0.2, 0.25) is 0 Å². The van der Waals surface area contributed by atoms with Gasteiger partial charge >= 0.3 is 0 Å². The zero-order chi connectivity index (χ0) is 9.26. The lowest BCUT2D eigenvalue weighted by atomic mass is 10.1. The van der Waals surface area contributed by atoms with Gasteiger partial charge < -0.3 is 9.47 Å². The van der Waals surface area contributed by atoms with Gasteiger partial charge in [0.2, 0.25) is 0 Å². The SMILES string of the molecule is CCc1ccc2c(c1)OC(C)CO2. The second kappa shape index (κ2) is 3.29. The fraction of sp³-hybridized carbons (Fsp3) is 0.455. The zero-order valence-corrected chi connectivity index (χ0v) is 8.04. The van der Waals surface area contributed by atoms with Crippen molar-refractivity contribution in [2.75, 3.05) is 6.61 Å². The van der Waals surface area contributed by atoms with Gasteiger partial charge in [0.05, 0.1) is 0 Å². The molecule has 0 bridgehead atoms. The van der Waals surface area contributed by atoms with Gasteiger partial charge in [-0.25, -0.2) is 0 Å². The van der Waals surface area contributed by atoms with Crippen LogP contribution in [0.15, 0.2) is 18.2 Å². The van der Waals surface area contributed by atoms with Crippen LogP contribution in [0.5, 0.6) is 11.5 Å². The number of hydrogen-bond donors (Lipinski definition) is 0. The van der Waals surface area contributed by atoms with Crippen LogP contribution in [0.4, 0.5) is 0 Å². The third-order valence-corrected chi connectivity index (χ3v) is 2.22. The molecule has 0 amide bonds. The lowest BCUT2D eigenvalue weighted by molar-refractivity contribution is 0.104. The van der Waals surface area contributed by atoms with Crippen molar-refractivity contribution >= 4 is 0 Å². The maximum Gasteiger partial charge on any atom is 0.162 e. The van der Waals surface area contributed by atoms with E-state index in [2.05, 4.69) is 19.1 Å². The second-order valence-corrected chi connectivity index (χ2v) is 3.37. The van der Waals surface area contributed by atoms with Crippen LogP contribution in [-0.2, 0) is 6.42 Å². The Labute approximate surface area is 78.5 Å². The molecule has 1 aromatic rings. The maximum atomic E-state index is 5.65. The molecule has 1 aromatic carbocycles. The topological polar surface area (TPSA) is 18.5 Å². The first-order valence-electron chi connectivity index (χ1n) is 4.72. The maximum absolute atomic E-state index is 5.65. The molecule has 0 spiro atoms. The molecule has 0 saturated carbocycles. The quantitative estimate of drug-likeness (QED) is 0.657. The van der Waals surface area contributed by atoms with Gasteiger partial charge in [-0.3, -0.25) is 0 Å². The van der Waals surface area contributed by atoms with Crippen molar-refractivity contribution in [2.45, 2.75) is 26.4 Å². The largest absolute Gasteiger partial charge is 0.486 e. The first kappa shape index (κ1) is 8.42. The lowest BCUT2D eigenvalue weighted by Crippen LogP contribution is -2.25. The van der Waals surface area contributed by atoms with Crippen molar-refractivity contribution in [1.82, 2.24) is 0 Å². The molecule has 70 valence electrons. The summed E-state index contributed by atoms with van der Waals surface area (Å²) in [7, 11) is 0. The molecule has 1 aliphatic heterocycles. The highest BCUT2D eigenvalue weighted by Gasteiger charge is 2.16. The van der Waals surface area contributed by atoms with Crippen LogP contribution >= 0.6 is 0 Å². The Morgan fingerprint density at radius 2 is 2.23 bits per heavy atom. The van der Waals surface area contributed by atoms with E-state index < -0.39 is 0 Å². The van der Waals surface area contributed by atoms with Gasteiger partial charge in [-0.2, -0.15) is 0 Å².